The molecule has 0 fully saturated rings. The first-order valence-corrected chi connectivity index (χ1v) is 7.50. The van der Waals surface area contributed by atoms with Crippen LogP contribution in [0.4, 0.5) is 10.1 Å². The van der Waals surface area contributed by atoms with E-state index in [2.05, 4.69) is 4.72 Å². The Kier molecular flexibility index (Phi) is 4.08. The minimum absolute atomic E-state index is 0.0818. The summed E-state index contributed by atoms with van der Waals surface area (Å²) >= 11 is 11.2. The zero-order valence-electron chi connectivity index (χ0n) is 9.77. The summed E-state index contributed by atoms with van der Waals surface area (Å²) in [6.07, 6.45) is 0. The van der Waals surface area contributed by atoms with Gasteiger partial charge in [0.15, 0.2) is 5.75 Å². The number of phenols is 1. The molecule has 0 saturated carbocycles. The second-order valence-corrected chi connectivity index (χ2v) is 6.37. The third kappa shape index (κ3) is 3.15. The fraction of sp³-hybridized carbons (Fsp3) is 0. The highest BCUT2D eigenvalue weighted by atomic mass is 35.5. The Bertz CT molecular complexity index is 748. The molecule has 0 aliphatic carbocycles. The van der Waals surface area contributed by atoms with Gasteiger partial charge >= 0.3 is 0 Å². The summed E-state index contributed by atoms with van der Waals surface area (Å²) in [5.41, 5.74) is -0.343. The van der Waals surface area contributed by atoms with E-state index in [1.165, 1.54) is 24.3 Å². The van der Waals surface area contributed by atoms with Crippen molar-refractivity contribution >= 4 is 38.9 Å². The SMILES string of the molecule is O=S(=O)(Nc1cc(F)cc(Cl)c1O)c1ccc(Cl)cc1. The van der Waals surface area contributed by atoms with Gasteiger partial charge in [-0.2, -0.15) is 0 Å². The number of halogens is 3. The van der Waals surface area contributed by atoms with Crippen molar-refractivity contribution in [2.24, 2.45) is 0 Å². The predicted octanol–water partition coefficient (Wildman–Crippen LogP) is 3.64. The number of aromatic hydroxyl groups is 1. The van der Waals surface area contributed by atoms with E-state index in [1.807, 2.05) is 0 Å². The lowest BCUT2D eigenvalue weighted by Crippen LogP contribution is -2.13. The topological polar surface area (TPSA) is 66.4 Å². The Morgan fingerprint density at radius 2 is 1.70 bits per heavy atom. The van der Waals surface area contributed by atoms with Gasteiger partial charge in [0.25, 0.3) is 10.0 Å². The van der Waals surface area contributed by atoms with E-state index in [9.17, 15) is 17.9 Å². The zero-order valence-corrected chi connectivity index (χ0v) is 12.1. The van der Waals surface area contributed by atoms with Crippen LogP contribution in [0.15, 0.2) is 41.3 Å². The molecule has 2 aromatic carbocycles. The standard InChI is InChI=1S/C12H8Cl2FNO3S/c13-7-1-3-9(4-2-7)20(18,19)16-11-6-8(15)5-10(14)12(11)17/h1-6,16-17H. The van der Waals surface area contributed by atoms with Crippen molar-refractivity contribution in [3.05, 3.63) is 52.3 Å². The number of phenolic OH excluding ortho intramolecular Hbond substituents is 1. The molecule has 8 heteroatoms. The molecule has 0 spiro atoms. The highest BCUT2D eigenvalue weighted by Crippen LogP contribution is 2.34. The molecular weight excluding hydrogens is 328 g/mol. The van der Waals surface area contributed by atoms with Crippen molar-refractivity contribution < 1.29 is 17.9 Å². The van der Waals surface area contributed by atoms with Gasteiger partial charge in [0.1, 0.15) is 5.82 Å². The minimum Gasteiger partial charge on any atom is -0.504 e. The molecule has 0 heterocycles. The van der Waals surface area contributed by atoms with Gasteiger partial charge in [-0.25, -0.2) is 12.8 Å². The average molecular weight is 336 g/mol. The monoisotopic (exact) mass is 335 g/mol. The van der Waals surface area contributed by atoms with Crippen LogP contribution in [0.1, 0.15) is 0 Å². The fourth-order valence-corrected chi connectivity index (χ4v) is 2.85. The molecule has 0 bridgehead atoms. The zero-order chi connectivity index (χ0) is 14.9. The van der Waals surface area contributed by atoms with Crippen LogP contribution in [-0.2, 0) is 10.0 Å². The van der Waals surface area contributed by atoms with Gasteiger partial charge < -0.3 is 5.11 Å². The first-order chi connectivity index (χ1) is 9.29. The number of hydrogen-bond acceptors (Lipinski definition) is 3. The van der Waals surface area contributed by atoms with Gasteiger partial charge in [0, 0.05) is 11.1 Å². The van der Waals surface area contributed by atoms with E-state index in [1.54, 1.807) is 0 Å². The second-order valence-electron chi connectivity index (χ2n) is 3.84. The molecule has 2 rings (SSSR count). The van der Waals surface area contributed by atoms with Gasteiger partial charge in [0.2, 0.25) is 0 Å². The normalized spacial score (nSPS) is 11.3. The average Bonchev–Trinajstić information content (AvgIpc) is 2.35. The van der Waals surface area contributed by atoms with Crippen LogP contribution in [0, 0.1) is 5.82 Å². The summed E-state index contributed by atoms with van der Waals surface area (Å²) < 4.78 is 39.4. The second kappa shape index (κ2) is 5.47. The molecule has 2 aromatic rings. The molecular formula is C12H8Cl2FNO3S. The lowest BCUT2D eigenvalue weighted by molar-refractivity contribution is 0.476. The molecule has 20 heavy (non-hydrogen) atoms. The largest absolute Gasteiger partial charge is 0.504 e. The van der Waals surface area contributed by atoms with Crippen molar-refractivity contribution in [1.29, 1.82) is 0 Å². The third-order valence-corrected chi connectivity index (χ3v) is 4.32. The van der Waals surface area contributed by atoms with Gasteiger partial charge in [-0.15, -0.1) is 0 Å². The maximum absolute atomic E-state index is 13.2. The van der Waals surface area contributed by atoms with Gasteiger partial charge in [-0.1, -0.05) is 23.2 Å². The van der Waals surface area contributed by atoms with E-state index in [-0.39, 0.29) is 15.6 Å². The summed E-state index contributed by atoms with van der Waals surface area (Å²) in [6.45, 7) is 0. The molecule has 0 unspecified atom stereocenters. The minimum atomic E-state index is -3.98. The Balaban J connectivity index is 2.41. The van der Waals surface area contributed by atoms with Gasteiger partial charge in [-0.3, -0.25) is 4.72 Å². The summed E-state index contributed by atoms with van der Waals surface area (Å²) in [6, 6.07) is 7.06. The molecule has 0 amide bonds. The molecule has 0 atom stereocenters. The molecule has 2 N–H and O–H groups in total. The first-order valence-electron chi connectivity index (χ1n) is 5.26. The summed E-state index contributed by atoms with van der Waals surface area (Å²) in [4.78, 5) is -0.0818. The van der Waals surface area contributed by atoms with E-state index in [0.717, 1.165) is 12.1 Å². The highest BCUT2D eigenvalue weighted by Gasteiger charge is 2.18. The summed E-state index contributed by atoms with van der Waals surface area (Å²) in [5, 5.41) is 9.71. The number of nitrogens with one attached hydrogen (secondary N) is 1. The van der Waals surface area contributed by atoms with E-state index < -0.39 is 21.6 Å². The molecule has 0 aromatic heterocycles. The smallest absolute Gasteiger partial charge is 0.262 e. The van der Waals surface area contributed by atoms with Crippen LogP contribution in [0.2, 0.25) is 10.0 Å². The number of benzene rings is 2. The lowest BCUT2D eigenvalue weighted by Gasteiger charge is -2.10. The van der Waals surface area contributed by atoms with Crippen molar-refractivity contribution in [2.75, 3.05) is 4.72 Å². The highest BCUT2D eigenvalue weighted by molar-refractivity contribution is 7.92. The van der Waals surface area contributed by atoms with Gasteiger partial charge in [-0.05, 0) is 30.3 Å². The molecule has 0 radical (unpaired) electrons. The molecule has 0 aliphatic rings. The maximum atomic E-state index is 13.2. The van der Waals surface area contributed by atoms with E-state index in [0.29, 0.717) is 5.02 Å². The Hall–Kier alpha value is -1.50. The quantitative estimate of drug-likeness (QED) is 0.841. The van der Waals surface area contributed by atoms with Crippen LogP contribution < -0.4 is 4.72 Å². The molecule has 0 saturated heterocycles. The Morgan fingerprint density at radius 3 is 2.30 bits per heavy atom. The summed E-state index contributed by atoms with van der Waals surface area (Å²) in [7, 11) is -3.98. The number of rotatable bonds is 3. The van der Waals surface area contributed by atoms with Crippen molar-refractivity contribution in [3.63, 3.8) is 0 Å². The molecule has 106 valence electrons. The van der Waals surface area contributed by atoms with Crippen LogP contribution in [-0.4, -0.2) is 13.5 Å². The number of hydrogen-bond donors (Lipinski definition) is 2. The number of anilines is 1. The van der Waals surface area contributed by atoms with Crippen molar-refractivity contribution in [2.45, 2.75) is 4.90 Å². The predicted molar refractivity (Wildman–Crippen MR) is 75.3 cm³/mol. The van der Waals surface area contributed by atoms with Crippen LogP contribution in [0.25, 0.3) is 0 Å². The maximum Gasteiger partial charge on any atom is 0.262 e. The Morgan fingerprint density at radius 1 is 1.10 bits per heavy atom. The molecule has 0 aliphatic heterocycles. The van der Waals surface area contributed by atoms with Gasteiger partial charge in [0.05, 0.1) is 15.6 Å². The van der Waals surface area contributed by atoms with Crippen LogP contribution in [0.3, 0.4) is 0 Å². The number of sulfonamides is 1. The van der Waals surface area contributed by atoms with Crippen molar-refractivity contribution in [1.82, 2.24) is 0 Å². The third-order valence-electron chi connectivity index (χ3n) is 2.40. The first kappa shape index (κ1) is 14.9. The summed E-state index contributed by atoms with van der Waals surface area (Å²) in [5.74, 6) is -1.33. The molecule has 4 nitrogen and oxygen atoms in total. The lowest BCUT2D eigenvalue weighted by atomic mass is 10.3. The van der Waals surface area contributed by atoms with E-state index in [4.69, 9.17) is 23.2 Å². The van der Waals surface area contributed by atoms with E-state index >= 15 is 0 Å². The van der Waals surface area contributed by atoms with Crippen LogP contribution >= 0.6 is 23.2 Å². The van der Waals surface area contributed by atoms with Crippen LogP contribution in [0.5, 0.6) is 5.75 Å². The fourth-order valence-electron chi connectivity index (χ4n) is 1.46. The Labute approximate surface area is 124 Å². The van der Waals surface area contributed by atoms with Crippen molar-refractivity contribution in [3.8, 4) is 5.75 Å².